The van der Waals surface area contributed by atoms with Gasteiger partial charge in [-0.05, 0) is 38.5 Å². The van der Waals surface area contributed by atoms with E-state index in [9.17, 15) is 8.78 Å². The topological polar surface area (TPSA) is 12.0 Å². The van der Waals surface area contributed by atoms with Gasteiger partial charge in [0, 0.05) is 24.9 Å². The van der Waals surface area contributed by atoms with Crippen molar-refractivity contribution in [3.8, 4) is 0 Å². The lowest BCUT2D eigenvalue weighted by Gasteiger charge is -2.32. The van der Waals surface area contributed by atoms with Crippen molar-refractivity contribution in [1.29, 1.82) is 0 Å². The van der Waals surface area contributed by atoms with E-state index in [0.29, 0.717) is 30.8 Å². The lowest BCUT2D eigenvalue weighted by molar-refractivity contribution is -0.0489. The summed E-state index contributed by atoms with van der Waals surface area (Å²) in [6, 6.07) is 1.10. The van der Waals surface area contributed by atoms with Crippen LogP contribution in [0.3, 0.4) is 0 Å². The molecule has 14 heavy (non-hydrogen) atoms. The first kappa shape index (κ1) is 10.3. The highest BCUT2D eigenvalue weighted by atomic mass is 19.3. The maximum absolute atomic E-state index is 12.9. The minimum atomic E-state index is -2.37. The Morgan fingerprint density at radius 3 is 2.21 bits per heavy atom. The molecule has 0 aromatic carbocycles. The van der Waals surface area contributed by atoms with Gasteiger partial charge in [0.15, 0.2) is 0 Å². The number of hydrogen-bond donors (Lipinski definition) is 1. The van der Waals surface area contributed by atoms with E-state index < -0.39 is 5.92 Å². The van der Waals surface area contributed by atoms with Gasteiger partial charge in [-0.25, -0.2) is 8.78 Å². The van der Waals surface area contributed by atoms with E-state index in [-0.39, 0.29) is 12.8 Å². The van der Waals surface area contributed by atoms with Gasteiger partial charge in [0.2, 0.25) is 5.92 Å². The third kappa shape index (κ3) is 2.25. The summed E-state index contributed by atoms with van der Waals surface area (Å²) in [7, 11) is 0. The molecule has 2 atom stereocenters. The number of hydrogen-bond acceptors (Lipinski definition) is 1. The molecule has 2 rings (SSSR count). The third-order valence-electron chi connectivity index (χ3n) is 3.74. The average molecular weight is 203 g/mol. The van der Waals surface area contributed by atoms with Crippen LogP contribution in [0.5, 0.6) is 0 Å². The average Bonchev–Trinajstić information content (AvgIpc) is 2.52. The van der Waals surface area contributed by atoms with Crippen molar-refractivity contribution >= 4 is 0 Å². The fourth-order valence-electron chi connectivity index (χ4n) is 2.80. The number of alkyl halides is 2. The zero-order valence-corrected chi connectivity index (χ0v) is 8.73. The summed E-state index contributed by atoms with van der Waals surface area (Å²) in [6.07, 6.45) is 4.00. The Bertz CT molecular complexity index is 195. The summed E-state index contributed by atoms with van der Waals surface area (Å²) in [5.41, 5.74) is 0. The van der Waals surface area contributed by atoms with Gasteiger partial charge in [0.1, 0.15) is 0 Å². The SMILES string of the molecule is CC1CCC(C2CCC(F)(F)CC2)N1. The van der Waals surface area contributed by atoms with Crippen LogP contribution in [0.2, 0.25) is 0 Å². The predicted octanol–water partition coefficient (Wildman–Crippen LogP) is 2.95. The zero-order valence-electron chi connectivity index (χ0n) is 8.73. The molecule has 2 unspecified atom stereocenters. The lowest BCUT2D eigenvalue weighted by Crippen LogP contribution is -2.38. The van der Waals surface area contributed by atoms with Crippen LogP contribution in [-0.2, 0) is 0 Å². The molecule has 2 aliphatic rings. The van der Waals surface area contributed by atoms with Crippen LogP contribution in [0.25, 0.3) is 0 Å². The summed E-state index contributed by atoms with van der Waals surface area (Å²) >= 11 is 0. The first-order valence-electron chi connectivity index (χ1n) is 5.71. The van der Waals surface area contributed by atoms with Crippen LogP contribution in [-0.4, -0.2) is 18.0 Å². The molecule has 1 nitrogen and oxygen atoms in total. The Kier molecular flexibility index (Phi) is 2.78. The molecule has 0 aromatic rings. The van der Waals surface area contributed by atoms with Crippen molar-refractivity contribution in [2.24, 2.45) is 5.92 Å². The fraction of sp³-hybridized carbons (Fsp3) is 1.00. The van der Waals surface area contributed by atoms with E-state index >= 15 is 0 Å². The van der Waals surface area contributed by atoms with Gasteiger partial charge in [-0.1, -0.05) is 0 Å². The summed E-state index contributed by atoms with van der Waals surface area (Å²) < 4.78 is 25.8. The van der Waals surface area contributed by atoms with E-state index in [1.807, 2.05) is 0 Å². The second-order valence-corrected chi connectivity index (χ2v) is 4.94. The molecule has 0 radical (unpaired) electrons. The minimum absolute atomic E-state index is 0.101. The van der Waals surface area contributed by atoms with Crippen molar-refractivity contribution in [3.63, 3.8) is 0 Å². The maximum Gasteiger partial charge on any atom is 0.248 e. The van der Waals surface area contributed by atoms with Crippen LogP contribution in [0.15, 0.2) is 0 Å². The fourth-order valence-corrected chi connectivity index (χ4v) is 2.80. The molecule has 82 valence electrons. The summed E-state index contributed by atoms with van der Waals surface area (Å²) in [4.78, 5) is 0. The highest BCUT2D eigenvalue weighted by Crippen LogP contribution is 2.39. The van der Waals surface area contributed by atoms with Gasteiger partial charge < -0.3 is 5.32 Å². The number of halogens is 2. The smallest absolute Gasteiger partial charge is 0.248 e. The zero-order chi connectivity index (χ0) is 10.2. The monoisotopic (exact) mass is 203 g/mol. The second-order valence-electron chi connectivity index (χ2n) is 4.94. The standard InChI is InChI=1S/C11H19F2N/c1-8-2-3-10(14-8)9-4-6-11(12,13)7-5-9/h8-10,14H,2-7H2,1H3. The number of nitrogens with one attached hydrogen (secondary N) is 1. The third-order valence-corrected chi connectivity index (χ3v) is 3.74. The molecule has 0 aromatic heterocycles. The first-order valence-corrected chi connectivity index (χ1v) is 5.71. The summed E-state index contributed by atoms with van der Waals surface area (Å²) in [6.45, 7) is 2.18. The van der Waals surface area contributed by atoms with Gasteiger partial charge >= 0.3 is 0 Å². The lowest BCUT2D eigenvalue weighted by atomic mass is 9.81. The molecule has 1 heterocycles. The van der Waals surface area contributed by atoms with E-state index in [1.165, 1.54) is 12.8 Å². The molecule has 1 aliphatic heterocycles. The Morgan fingerprint density at radius 1 is 1.07 bits per heavy atom. The largest absolute Gasteiger partial charge is 0.311 e. The normalized spacial score (nSPS) is 38.8. The Hall–Kier alpha value is -0.180. The van der Waals surface area contributed by atoms with Crippen LogP contribution in [0, 0.1) is 5.92 Å². The van der Waals surface area contributed by atoms with Crippen molar-refractivity contribution < 1.29 is 8.78 Å². The van der Waals surface area contributed by atoms with Crippen molar-refractivity contribution in [3.05, 3.63) is 0 Å². The van der Waals surface area contributed by atoms with Gasteiger partial charge in [-0.15, -0.1) is 0 Å². The number of rotatable bonds is 1. The Morgan fingerprint density at radius 2 is 1.71 bits per heavy atom. The Balaban J connectivity index is 1.83. The highest BCUT2D eigenvalue weighted by molar-refractivity contribution is 4.89. The van der Waals surface area contributed by atoms with Crippen molar-refractivity contribution in [2.45, 2.75) is 63.5 Å². The highest BCUT2D eigenvalue weighted by Gasteiger charge is 2.38. The van der Waals surface area contributed by atoms with Crippen LogP contribution in [0.1, 0.15) is 45.4 Å². The molecule has 1 aliphatic carbocycles. The van der Waals surface area contributed by atoms with E-state index in [0.717, 1.165) is 0 Å². The van der Waals surface area contributed by atoms with E-state index in [1.54, 1.807) is 0 Å². The summed E-state index contributed by atoms with van der Waals surface area (Å²) in [5.74, 6) is -1.87. The molecule has 0 amide bonds. The van der Waals surface area contributed by atoms with E-state index in [4.69, 9.17) is 0 Å². The molecule has 0 spiro atoms. The van der Waals surface area contributed by atoms with Gasteiger partial charge in [-0.2, -0.15) is 0 Å². The second kappa shape index (κ2) is 3.76. The molecular weight excluding hydrogens is 184 g/mol. The quantitative estimate of drug-likeness (QED) is 0.691. The molecule has 1 saturated heterocycles. The Labute approximate surface area is 84.3 Å². The molecular formula is C11H19F2N. The van der Waals surface area contributed by atoms with Crippen LogP contribution < -0.4 is 5.32 Å². The minimum Gasteiger partial charge on any atom is -0.311 e. The molecule has 3 heteroatoms. The van der Waals surface area contributed by atoms with Crippen molar-refractivity contribution in [2.75, 3.05) is 0 Å². The molecule has 0 bridgehead atoms. The first-order chi connectivity index (χ1) is 6.57. The summed E-state index contributed by atoms with van der Waals surface area (Å²) in [5, 5.41) is 3.51. The predicted molar refractivity (Wildman–Crippen MR) is 52.5 cm³/mol. The van der Waals surface area contributed by atoms with Gasteiger partial charge in [0.05, 0.1) is 0 Å². The van der Waals surface area contributed by atoms with Gasteiger partial charge in [0.25, 0.3) is 0 Å². The van der Waals surface area contributed by atoms with E-state index in [2.05, 4.69) is 12.2 Å². The van der Waals surface area contributed by atoms with Gasteiger partial charge in [-0.3, -0.25) is 0 Å². The maximum atomic E-state index is 12.9. The molecule has 1 N–H and O–H groups in total. The van der Waals surface area contributed by atoms with Crippen LogP contribution in [0.4, 0.5) is 8.78 Å². The molecule has 2 fully saturated rings. The molecule has 1 saturated carbocycles. The van der Waals surface area contributed by atoms with Crippen LogP contribution >= 0.6 is 0 Å². The van der Waals surface area contributed by atoms with Crippen molar-refractivity contribution in [1.82, 2.24) is 5.32 Å².